The Morgan fingerprint density at radius 2 is 2.33 bits per heavy atom. The molecule has 4 nitrogen and oxygen atoms in total. The molecule has 1 atom stereocenters. The number of rotatable bonds is 1. The van der Waals surface area contributed by atoms with Crippen molar-refractivity contribution >= 4 is 5.82 Å². The van der Waals surface area contributed by atoms with E-state index < -0.39 is 11.9 Å². The molecular formula is C8H11F3N4. The third-order valence-electron chi connectivity index (χ3n) is 2.43. The van der Waals surface area contributed by atoms with Gasteiger partial charge in [-0.1, -0.05) is 0 Å². The zero-order valence-corrected chi connectivity index (χ0v) is 7.88. The van der Waals surface area contributed by atoms with E-state index >= 15 is 0 Å². The van der Waals surface area contributed by atoms with Gasteiger partial charge in [0, 0.05) is 19.2 Å². The predicted octanol–water partition coefficient (Wildman–Crippen LogP) is 1.22. The fourth-order valence-electron chi connectivity index (χ4n) is 1.65. The van der Waals surface area contributed by atoms with E-state index in [1.54, 1.807) is 0 Å². The smallest absolute Gasteiger partial charge is 0.370 e. The minimum Gasteiger partial charge on any atom is -0.370 e. The summed E-state index contributed by atoms with van der Waals surface area (Å²) >= 11 is 0. The Bertz CT molecular complexity index is 357. The maximum atomic E-state index is 12.4. The molecule has 84 valence electrons. The summed E-state index contributed by atoms with van der Waals surface area (Å²) in [7, 11) is 0. The zero-order chi connectivity index (χ0) is 11.1. The van der Waals surface area contributed by atoms with Crippen LogP contribution in [0.5, 0.6) is 0 Å². The van der Waals surface area contributed by atoms with Gasteiger partial charge in [-0.3, -0.25) is 0 Å². The van der Waals surface area contributed by atoms with Crippen molar-refractivity contribution in [1.29, 1.82) is 0 Å². The van der Waals surface area contributed by atoms with Gasteiger partial charge < -0.3 is 11.1 Å². The van der Waals surface area contributed by atoms with Crippen LogP contribution in [0.25, 0.3) is 0 Å². The van der Waals surface area contributed by atoms with Crippen molar-refractivity contribution in [3.63, 3.8) is 0 Å². The predicted molar refractivity (Wildman–Crippen MR) is 48.4 cm³/mol. The maximum absolute atomic E-state index is 12.4. The molecule has 7 heteroatoms. The molecular weight excluding hydrogens is 209 g/mol. The van der Waals surface area contributed by atoms with Crippen LogP contribution in [0.2, 0.25) is 0 Å². The van der Waals surface area contributed by atoms with Crippen LogP contribution in [-0.4, -0.2) is 22.9 Å². The monoisotopic (exact) mass is 220 g/mol. The highest BCUT2D eigenvalue weighted by Gasteiger charge is 2.36. The lowest BCUT2D eigenvalue weighted by atomic mass is 10.2. The van der Waals surface area contributed by atoms with E-state index in [1.165, 1.54) is 4.68 Å². The van der Waals surface area contributed by atoms with Gasteiger partial charge in [-0.15, -0.1) is 0 Å². The van der Waals surface area contributed by atoms with Gasteiger partial charge in [0.1, 0.15) is 5.82 Å². The molecule has 1 aliphatic rings. The molecule has 1 unspecified atom stereocenters. The van der Waals surface area contributed by atoms with Crippen LogP contribution in [0.1, 0.15) is 18.2 Å². The minimum atomic E-state index is -4.40. The van der Waals surface area contributed by atoms with E-state index in [0.29, 0.717) is 25.3 Å². The molecule has 3 N–H and O–H groups in total. The Kier molecular flexibility index (Phi) is 2.34. The first-order valence-electron chi connectivity index (χ1n) is 4.63. The van der Waals surface area contributed by atoms with Crippen LogP contribution in [0.4, 0.5) is 19.0 Å². The standard InChI is InChI=1S/C8H11F3N4/c9-8(10,11)6-3-7-13-2-1-5(4-12)15(7)14-6/h3,5,13H,1-2,4,12H2. The second kappa shape index (κ2) is 3.41. The Hall–Kier alpha value is -1.24. The van der Waals surface area contributed by atoms with Crippen LogP contribution in [0.15, 0.2) is 6.07 Å². The molecule has 2 heterocycles. The van der Waals surface area contributed by atoms with Gasteiger partial charge in [-0.05, 0) is 6.42 Å². The fourth-order valence-corrected chi connectivity index (χ4v) is 1.65. The maximum Gasteiger partial charge on any atom is 0.435 e. The van der Waals surface area contributed by atoms with Gasteiger partial charge in [0.25, 0.3) is 0 Å². The lowest BCUT2D eigenvalue weighted by Crippen LogP contribution is -2.28. The van der Waals surface area contributed by atoms with Crippen LogP contribution in [-0.2, 0) is 6.18 Å². The first kappa shape index (κ1) is 10.3. The highest BCUT2D eigenvalue weighted by Crippen LogP contribution is 2.32. The van der Waals surface area contributed by atoms with Crippen molar-refractivity contribution in [3.05, 3.63) is 11.8 Å². The number of fused-ring (bicyclic) bond motifs is 1. The largest absolute Gasteiger partial charge is 0.435 e. The highest BCUT2D eigenvalue weighted by molar-refractivity contribution is 5.40. The summed E-state index contributed by atoms with van der Waals surface area (Å²) in [5, 5.41) is 6.39. The number of aromatic nitrogens is 2. The van der Waals surface area contributed by atoms with Crippen molar-refractivity contribution < 1.29 is 13.2 Å². The zero-order valence-electron chi connectivity index (χ0n) is 7.88. The quantitative estimate of drug-likeness (QED) is 0.748. The van der Waals surface area contributed by atoms with Gasteiger partial charge in [0.2, 0.25) is 0 Å². The number of nitrogens with one attached hydrogen (secondary N) is 1. The Labute approximate surface area is 84.2 Å². The molecule has 0 amide bonds. The van der Waals surface area contributed by atoms with E-state index in [-0.39, 0.29) is 6.04 Å². The first-order valence-corrected chi connectivity index (χ1v) is 4.63. The lowest BCUT2D eigenvalue weighted by Gasteiger charge is -2.24. The summed E-state index contributed by atoms with van der Waals surface area (Å²) in [5.74, 6) is 0.393. The molecule has 1 aliphatic heterocycles. The van der Waals surface area contributed by atoms with Crippen LogP contribution < -0.4 is 11.1 Å². The molecule has 1 aromatic heterocycles. The molecule has 1 aromatic rings. The van der Waals surface area contributed by atoms with Gasteiger partial charge in [-0.2, -0.15) is 18.3 Å². The number of nitrogens with zero attached hydrogens (tertiary/aromatic N) is 2. The number of halogens is 3. The average molecular weight is 220 g/mol. The normalized spacial score (nSPS) is 20.9. The fraction of sp³-hybridized carbons (Fsp3) is 0.625. The molecule has 2 rings (SSSR count). The third kappa shape index (κ3) is 1.79. The molecule has 0 aliphatic carbocycles. The number of hydrogen-bond donors (Lipinski definition) is 2. The Balaban J connectivity index is 2.37. The molecule has 0 spiro atoms. The number of alkyl halides is 3. The number of hydrogen-bond acceptors (Lipinski definition) is 3. The Morgan fingerprint density at radius 1 is 1.60 bits per heavy atom. The van der Waals surface area contributed by atoms with Gasteiger partial charge in [0.15, 0.2) is 5.69 Å². The van der Waals surface area contributed by atoms with Crippen LogP contribution >= 0.6 is 0 Å². The second-order valence-corrected chi connectivity index (χ2v) is 3.46. The summed E-state index contributed by atoms with van der Waals surface area (Å²) in [5.41, 5.74) is 4.60. The van der Waals surface area contributed by atoms with Crippen molar-refractivity contribution in [2.45, 2.75) is 18.6 Å². The van der Waals surface area contributed by atoms with Gasteiger partial charge >= 0.3 is 6.18 Å². The highest BCUT2D eigenvalue weighted by atomic mass is 19.4. The number of nitrogens with two attached hydrogens (primary N) is 1. The molecule has 0 aromatic carbocycles. The molecule has 0 saturated carbocycles. The SMILES string of the molecule is NCC1CCNc2cc(C(F)(F)F)nn21. The van der Waals surface area contributed by atoms with Gasteiger partial charge in [0.05, 0.1) is 6.04 Å². The summed E-state index contributed by atoms with van der Waals surface area (Å²) < 4.78 is 38.4. The minimum absolute atomic E-state index is 0.141. The molecule has 15 heavy (non-hydrogen) atoms. The van der Waals surface area contributed by atoms with Crippen molar-refractivity contribution in [2.75, 3.05) is 18.4 Å². The summed E-state index contributed by atoms with van der Waals surface area (Å²) in [6, 6.07) is 0.874. The summed E-state index contributed by atoms with van der Waals surface area (Å²) in [6.45, 7) is 0.929. The number of anilines is 1. The van der Waals surface area contributed by atoms with Crippen molar-refractivity contribution in [2.24, 2.45) is 5.73 Å². The van der Waals surface area contributed by atoms with Crippen molar-refractivity contribution in [3.8, 4) is 0 Å². The van der Waals surface area contributed by atoms with E-state index in [9.17, 15) is 13.2 Å². The summed E-state index contributed by atoms with van der Waals surface area (Å²) in [4.78, 5) is 0. The lowest BCUT2D eigenvalue weighted by molar-refractivity contribution is -0.141. The topological polar surface area (TPSA) is 55.9 Å². The molecule has 0 fully saturated rings. The molecule has 0 radical (unpaired) electrons. The molecule has 0 saturated heterocycles. The average Bonchev–Trinajstić information content (AvgIpc) is 2.59. The summed E-state index contributed by atoms with van der Waals surface area (Å²) in [6.07, 6.45) is -3.70. The second-order valence-electron chi connectivity index (χ2n) is 3.46. The third-order valence-corrected chi connectivity index (χ3v) is 2.43. The van der Waals surface area contributed by atoms with Crippen LogP contribution in [0, 0.1) is 0 Å². The van der Waals surface area contributed by atoms with E-state index in [2.05, 4.69) is 10.4 Å². The van der Waals surface area contributed by atoms with Gasteiger partial charge in [-0.25, -0.2) is 4.68 Å². The first-order chi connectivity index (χ1) is 7.02. The van der Waals surface area contributed by atoms with E-state index in [4.69, 9.17) is 5.73 Å². The molecule has 0 bridgehead atoms. The van der Waals surface area contributed by atoms with E-state index in [1.807, 2.05) is 0 Å². The van der Waals surface area contributed by atoms with Crippen LogP contribution in [0.3, 0.4) is 0 Å². The van der Waals surface area contributed by atoms with E-state index in [0.717, 1.165) is 6.07 Å². The van der Waals surface area contributed by atoms with Crippen molar-refractivity contribution in [1.82, 2.24) is 9.78 Å². The Morgan fingerprint density at radius 3 is 2.93 bits per heavy atom.